The molecule has 0 aromatic rings. The van der Waals surface area contributed by atoms with E-state index >= 15 is 0 Å². The fourth-order valence-corrected chi connectivity index (χ4v) is 8.15. The van der Waals surface area contributed by atoms with Gasteiger partial charge in [0, 0.05) is 6.42 Å². The van der Waals surface area contributed by atoms with Crippen LogP contribution in [0.25, 0.3) is 0 Å². The van der Waals surface area contributed by atoms with E-state index in [4.69, 9.17) is 0 Å². The number of ketones is 1. The van der Waals surface area contributed by atoms with Crippen LogP contribution < -0.4 is 0 Å². The Morgan fingerprint density at radius 3 is 2.83 bits per heavy atom. The maximum Gasteiger partial charge on any atom is 0.155 e. The standard InChI is InChI=1S/C21H30O2/c1-12-8-13-9-15(22)4-6-19(13,2)16-5-7-20(3)17(23)10-14-11-21(14,20)18(12)16/h9,12,14,16-18,23H,4-8,10-11H2,1-3H3/t12-,14+,16+,17-,18-,19+,20-,21-/m1/s1. The Morgan fingerprint density at radius 1 is 1.26 bits per heavy atom. The van der Waals surface area contributed by atoms with Gasteiger partial charge in [0.25, 0.3) is 0 Å². The van der Waals surface area contributed by atoms with E-state index in [1.165, 1.54) is 24.8 Å². The van der Waals surface area contributed by atoms with Gasteiger partial charge in [0.1, 0.15) is 0 Å². The molecule has 2 nitrogen and oxygen atoms in total. The predicted molar refractivity (Wildman–Crippen MR) is 89.7 cm³/mol. The first-order chi connectivity index (χ1) is 10.8. The van der Waals surface area contributed by atoms with Crippen molar-refractivity contribution in [3.05, 3.63) is 11.6 Å². The average molecular weight is 314 g/mol. The smallest absolute Gasteiger partial charge is 0.155 e. The van der Waals surface area contributed by atoms with Crippen molar-refractivity contribution in [1.29, 1.82) is 0 Å². The van der Waals surface area contributed by atoms with E-state index < -0.39 is 0 Å². The SMILES string of the molecule is C[C@@H]1CC2=CC(=O)CC[C@]2(C)[C@H]2CC[C@]3(C)[C@H](O)C[C@H]4C[C@]43[C@H]12. The lowest BCUT2D eigenvalue weighted by atomic mass is 9.43. The van der Waals surface area contributed by atoms with Crippen LogP contribution in [0.1, 0.15) is 65.7 Å². The molecule has 0 saturated heterocycles. The van der Waals surface area contributed by atoms with Crippen molar-refractivity contribution in [2.45, 2.75) is 71.8 Å². The number of aliphatic hydroxyl groups is 1. The first kappa shape index (κ1) is 14.7. The van der Waals surface area contributed by atoms with Gasteiger partial charge in [-0.1, -0.05) is 26.3 Å². The van der Waals surface area contributed by atoms with Gasteiger partial charge in [-0.2, -0.15) is 0 Å². The Balaban J connectivity index is 1.61. The van der Waals surface area contributed by atoms with Crippen LogP contribution in [-0.2, 0) is 4.79 Å². The fourth-order valence-electron chi connectivity index (χ4n) is 8.15. The first-order valence-corrected chi connectivity index (χ1v) is 9.75. The van der Waals surface area contributed by atoms with Gasteiger partial charge >= 0.3 is 0 Å². The van der Waals surface area contributed by atoms with Crippen LogP contribution in [0.15, 0.2) is 11.6 Å². The molecule has 1 N–H and O–H groups in total. The predicted octanol–water partition coefficient (Wildman–Crippen LogP) is 4.13. The quantitative estimate of drug-likeness (QED) is 0.730. The summed E-state index contributed by atoms with van der Waals surface area (Å²) in [4.78, 5) is 12.0. The highest BCUT2D eigenvalue weighted by molar-refractivity contribution is 5.91. The zero-order chi connectivity index (χ0) is 16.2. The molecule has 5 aliphatic rings. The summed E-state index contributed by atoms with van der Waals surface area (Å²) in [6.07, 6.45) is 9.70. The number of aliphatic hydroxyl groups excluding tert-OH is 1. The summed E-state index contributed by atoms with van der Waals surface area (Å²) in [5.74, 6) is 3.28. The van der Waals surface area contributed by atoms with Crippen molar-refractivity contribution in [1.82, 2.24) is 0 Å². The van der Waals surface area contributed by atoms with E-state index in [0.717, 1.165) is 43.4 Å². The topological polar surface area (TPSA) is 37.3 Å². The molecule has 8 atom stereocenters. The molecule has 0 aromatic heterocycles. The van der Waals surface area contributed by atoms with Crippen LogP contribution in [-0.4, -0.2) is 17.0 Å². The Labute approximate surface area is 139 Å². The van der Waals surface area contributed by atoms with E-state index in [9.17, 15) is 9.90 Å². The molecule has 0 aromatic carbocycles. The van der Waals surface area contributed by atoms with E-state index in [2.05, 4.69) is 20.8 Å². The third kappa shape index (κ3) is 1.49. The number of allylic oxidation sites excluding steroid dienone is 1. The highest BCUT2D eigenvalue weighted by Gasteiger charge is 2.78. The molecule has 5 rings (SSSR count). The number of fused-ring (bicyclic) bond motifs is 3. The van der Waals surface area contributed by atoms with Crippen molar-refractivity contribution in [3.8, 4) is 0 Å². The minimum atomic E-state index is -0.0768. The minimum absolute atomic E-state index is 0.0768. The zero-order valence-corrected chi connectivity index (χ0v) is 14.8. The molecular weight excluding hydrogens is 284 g/mol. The number of carbonyl (C=O) groups excluding carboxylic acids is 1. The monoisotopic (exact) mass is 314 g/mol. The fraction of sp³-hybridized carbons (Fsp3) is 0.857. The van der Waals surface area contributed by atoms with E-state index in [-0.39, 0.29) is 16.9 Å². The Hall–Kier alpha value is -0.630. The summed E-state index contributed by atoms with van der Waals surface area (Å²) in [5, 5.41) is 10.7. The van der Waals surface area contributed by atoms with Crippen molar-refractivity contribution in [3.63, 3.8) is 0 Å². The summed E-state index contributed by atoms with van der Waals surface area (Å²) in [5.41, 5.74) is 2.29. The molecule has 23 heavy (non-hydrogen) atoms. The molecule has 1 spiro atoms. The molecule has 5 aliphatic carbocycles. The molecule has 0 heterocycles. The Morgan fingerprint density at radius 2 is 2.04 bits per heavy atom. The number of hydrogen-bond donors (Lipinski definition) is 1. The first-order valence-electron chi connectivity index (χ1n) is 9.75. The number of hydrogen-bond acceptors (Lipinski definition) is 2. The van der Waals surface area contributed by atoms with Gasteiger partial charge in [0.15, 0.2) is 5.78 Å². The van der Waals surface area contributed by atoms with Crippen LogP contribution in [0, 0.1) is 39.9 Å². The minimum Gasteiger partial charge on any atom is -0.393 e. The van der Waals surface area contributed by atoms with Gasteiger partial charge in [-0.3, -0.25) is 4.79 Å². The second kappa shape index (κ2) is 4.12. The van der Waals surface area contributed by atoms with E-state index in [0.29, 0.717) is 17.1 Å². The van der Waals surface area contributed by atoms with Crippen molar-refractivity contribution < 1.29 is 9.90 Å². The van der Waals surface area contributed by atoms with Gasteiger partial charge in [0.2, 0.25) is 0 Å². The zero-order valence-electron chi connectivity index (χ0n) is 14.8. The lowest BCUT2D eigenvalue weighted by molar-refractivity contribution is -0.126. The third-order valence-corrected chi connectivity index (χ3v) is 9.39. The molecule has 0 amide bonds. The van der Waals surface area contributed by atoms with Gasteiger partial charge in [-0.05, 0) is 84.5 Å². The maximum atomic E-state index is 12.0. The Bertz CT molecular complexity index is 621. The average Bonchev–Trinajstić information content (AvgIpc) is 3.14. The molecule has 0 radical (unpaired) electrons. The van der Waals surface area contributed by atoms with Crippen molar-refractivity contribution >= 4 is 5.78 Å². The summed E-state index contributed by atoms with van der Waals surface area (Å²) >= 11 is 0. The highest BCUT2D eigenvalue weighted by atomic mass is 16.3. The summed E-state index contributed by atoms with van der Waals surface area (Å²) in [6.45, 7) is 7.28. The van der Waals surface area contributed by atoms with Gasteiger partial charge in [0.05, 0.1) is 6.10 Å². The van der Waals surface area contributed by atoms with Crippen LogP contribution in [0.2, 0.25) is 0 Å². The maximum absolute atomic E-state index is 12.0. The van der Waals surface area contributed by atoms with Crippen LogP contribution in [0.3, 0.4) is 0 Å². The lowest BCUT2D eigenvalue weighted by Crippen LogP contribution is -2.56. The van der Waals surface area contributed by atoms with Gasteiger partial charge < -0.3 is 5.11 Å². The molecule has 0 aliphatic heterocycles. The largest absolute Gasteiger partial charge is 0.393 e. The normalized spacial score (nSPS) is 60.3. The third-order valence-electron chi connectivity index (χ3n) is 9.39. The lowest BCUT2D eigenvalue weighted by Gasteiger charge is -2.61. The summed E-state index contributed by atoms with van der Waals surface area (Å²) < 4.78 is 0. The number of carbonyl (C=O) groups is 1. The summed E-state index contributed by atoms with van der Waals surface area (Å²) in [7, 11) is 0. The van der Waals surface area contributed by atoms with Crippen LogP contribution in [0.5, 0.6) is 0 Å². The molecule has 126 valence electrons. The second-order valence-corrected chi connectivity index (χ2v) is 10.0. The Kier molecular flexibility index (Phi) is 2.63. The highest BCUT2D eigenvalue weighted by Crippen LogP contribution is 2.83. The van der Waals surface area contributed by atoms with Crippen molar-refractivity contribution in [2.75, 3.05) is 0 Å². The molecule has 0 bridgehead atoms. The number of rotatable bonds is 0. The van der Waals surface area contributed by atoms with Gasteiger partial charge in [-0.25, -0.2) is 0 Å². The molecule has 0 unspecified atom stereocenters. The van der Waals surface area contributed by atoms with E-state index in [1.54, 1.807) is 0 Å². The summed E-state index contributed by atoms with van der Waals surface area (Å²) in [6, 6.07) is 0. The second-order valence-electron chi connectivity index (χ2n) is 10.0. The van der Waals surface area contributed by atoms with Crippen LogP contribution in [0.4, 0.5) is 0 Å². The molecule has 4 saturated carbocycles. The van der Waals surface area contributed by atoms with Crippen molar-refractivity contribution in [2.24, 2.45) is 39.9 Å². The van der Waals surface area contributed by atoms with Gasteiger partial charge in [-0.15, -0.1) is 0 Å². The van der Waals surface area contributed by atoms with Crippen LogP contribution >= 0.6 is 0 Å². The molecule has 4 fully saturated rings. The molecular formula is C21H30O2. The molecule has 2 heteroatoms. The van der Waals surface area contributed by atoms with E-state index in [1.807, 2.05) is 6.08 Å².